The van der Waals surface area contributed by atoms with Gasteiger partial charge in [0, 0.05) is 29.1 Å². The van der Waals surface area contributed by atoms with Gasteiger partial charge in [-0.05, 0) is 37.0 Å². The molecule has 2 heterocycles. The average Bonchev–Trinajstić information content (AvgIpc) is 3.53. The van der Waals surface area contributed by atoms with E-state index in [9.17, 15) is 14.4 Å². The Labute approximate surface area is 201 Å². The van der Waals surface area contributed by atoms with Crippen molar-refractivity contribution in [2.45, 2.75) is 37.4 Å². The van der Waals surface area contributed by atoms with Crippen LogP contribution in [0.3, 0.4) is 0 Å². The first kappa shape index (κ1) is 22.2. The van der Waals surface area contributed by atoms with Crippen molar-refractivity contribution in [2.75, 3.05) is 11.9 Å². The van der Waals surface area contributed by atoms with Crippen molar-refractivity contribution in [3.63, 3.8) is 0 Å². The molecule has 1 aliphatic carbocycles. The second-order valence-electron chi connectivity index (χ2n) is 8.58. The standard InChI is InChI=1S/C25H25N5O3S/c26-21(16-4-2-1-3-5-16)24(33)30-13-12-20(30)23(32)29-25-28-19(14-34-25)15-6-8-17(9-7-15)22(31)27-18-10-11-18/h1-9,14,18,20-21H,10-13,26H2,(H,27,31)(H,28,29,32)/t20?,21-/m1/s1. The third kappa shape index (κ3) is 4.71. The fraction of sp³-hybridized carbons (Fsp3) is 0.280. The van der Waals surface area contributed by atoms with Gasteiger partial charge in [-0.15, -0.1) is 11.3 Å². The van der Waals surface area contributed by atoms with Crippen LogP contribution in [0.4, 0.5) is 5.13 Å². The molecule has 2 aromatic carbocycles. The van der Waals surface area contributed by atoms with Crippen molar-refractivity contribution >= 4 is 34.2 Å². The minimum atomic E-state index is -0.794. The van der Waals surface area contributed by atoms with E-state index in [0.29, 0.717) is 35.4 Å². The fourth-order valence-corrected chi connectivity index (χ4v) is 4.57. The van der Waals surface area contributed by atoms with E-state index in [-0.39, 0.29) is 17.7 Å². The van der Waals surface area contributed by atoms with Crippen LogP contribution in [0.15, 0.2) is 60.0 Å². The van der Waals surface area contributed by atoms with Crippen LogP contribution in [0.1, 0.15) is 41.2 Å². The van der Waals surface area contributed by atoms with Crippen molar-refractivity contribution in [1.82, 2.24) is 15.2 Å². The largest absolute Gasteiger partial charge is 0.349 e. The first-order valence-electron chi connectivity index (χ1n) is 11.3. The topological polar surface area (TPSA) is 117 Å². The summed E-state index contributed by atoms with van der Waals surface area (Å²) < 4.78 is 0. The van der Waals surface area contributed by atoms with E-state index in [0.717, 1.165) is 24.0 Å². The predicted octanol–water partition coefficient (Wildman–Crippen LogP) is 2.94. The molecule has 2 atom stereocenters. The van der Waals surface area contributed by atoms with E-state index in [2.05, 4.69) is 15.6 Å². The number of nitrogens with zero attached hydrogens (tertiary/aromatic N) is 2. The molecule has 0 bridgehead atoms. The normalized spacial score (nSPS) is 18.0. The summed E-state index contributed by atoms with van der Waals surface area (Å²) in [5.74, 6) is -0.594. The molecule has 0 radical (unpaired) electrons. The summed E-state index contributed by atoms with van der Waals surface area (Å²) in [5, 5.41) is 8.11. The second-order valence-corrected chi connectivity index (χ2v) is 9.43. The van der Waals surface area contributed by atoms with Gasteiger partial charge in [0.1, 0.15) is 12.1 Å². The molecule has 0 spiro atoms. The molecule has 8 nitrogen and oxygen atoms in total. The van der Waals surface area contributed by atoms with E-state index in [1.807, 2.05) is 35.7 Å². The number of carbonyl (C=O) groups is 3. The summed E-state index contributed by atoms with van der Waals surface area (Å²) in [6.45, 7) is 0.501. The van der Waals surface area contributed by atoms with Crippen LogP contribution in [0.25, 0.3) is 11.3 Å². The van der Waals surface area contributed by atoms with Gasteiger partial charge in [0.05, 0.1) is 5.69 Å². The maximum Gasteiger partial charge on any atom is 0.251 e. The minimum absolute atomic E-state index is 0.0631. The zero-order valence-electron chi connectivity index (χ0n) is 18.4. The van der Waals surface area contributed by atoms with Crippen LogP contribution in [0.2, 0.25) is 0 Å². The first-order valence-corrected chi connectivity index (χ1v) is 12.2. The SMILES string of the molecule is N[C@@H](C(=O)N1CCC1C(=O)Nc1nc(-c2ccc(C(=O)NC3CC3)cc2)cs1)c1ccccc1. The molecular weight excluding hydrogens is 450 g/mol. The fourth-order valence-electron chi connectivity index (χ4n) is 3.85. The lowest BCUT2D eigenvalue weighted by atomic mass is 9.98. The number of aromatic nitrogens is 1. The Morgan fingerprint density at radius 2 is 1.76 bits per heavy atom. The maximum absolute atomic E-state index is 12.8. The van der Waals surface area contributed by atoms with Gasteiger partial charge in [-0.2, -0.15) is 0 Å². The zero-order chi connectivity index (χ0) is 23.7. The van der Waals surface area contributed by atoms with Crippen LogP contribution in [0, 0.1) is 0 Å². The Bertz CT molecular complexity index is 1210. The van der Waals surface area contributed by atoms with Gasteiger partial charge in [0.15, 0.2) is 5.13 Å². The molecule has 1 aliphatic heterocycles. The Hall–Kier alpha value is -3.56. The number of anilines is 1. The summed E-state index contributed by atoms with van der Waals surface area (Å²) in [7, 11) is 0. The molecule has 9 heteroatoms. The van der Waals surface area contributed by atoms with Crippen LogP contribution in [0.5, 0.6) is 0 Å². The smallest absolute Gasteiger partial charge is 0.251 e. The predicted molar refractivity (Wildman–Crippen MR) is 130 cm³/mol. The van der Waals surface area contributed by atoms with Gasteiger partial charge >= 0.3 is 0 Å². The lowest BCUT2D eigenvalue weighted by Gasteiger charge is -2.40. The van der Waals surface area contributed by atoms with Crippen LogP contribution >= 0.6 is 11.3 Å². The highest BCUT2D eigenvalue weighted by Gasteiger charge is 2.40. The van der Waals surface area contributed by atoms with Crippen LogP contribution in [-0.4, -0.2) is 46.2 Å². The summed E-state index contributed by atoms with van der Waals surface area (Å²) in [5.41, 5.74) is 9.03. The van der Waals surface area contributed by atoms with Crippen molar-refractivity contribution in [1.29, 1.82) is 0 Å². The molecule has 3 amide bonds. The summed E-state index contributed by atoms with van der Waals surface area (Å²) in [6, 6.07) is 15.4. The summed E-state index contributed by atoms with van der Waals surface area (Å²) in [6.07, 6.45) is 2.68. The number of nitrogens with two attached hydrogens (primary N) is 1. The van der Waals surface area contributed by atoms with Gasteiger partial charge in [0.25, 0.3) is 5.91 Å². The van der Waals surface area contributed by atoms with Gasteiger partial charge in [-0.1, -0.05) is 42.5 Å². The highest BCUT2D eigenvalue weighted by Crippen LogP contribution is 2.28. The maximum atomic E-state index is 12.8. The molecule has 3 aromatic rings. The molecule has 1 saturated heterocycles. The molecule has 174 valence electrons. The van der Waals surface area contributed by atoms with Crippen LogP contribution in [-0.2, 0) is 9.59 Å². The monoisotopic (exact) mass is 475 g/mol. The minimum Gasteiger partial charge on any atom is -0.349 e. The number of amides is 3. The Morgan fingerprint density at radius 3 is 2.41 bits per heavy atom. The third-order valence-electron chi connectivity index (χ3n) is 6.12. The van der Waals surface area contributed by atoms with Crippen LogP contribution < -0.4 is 16.4 Å². The highest BCUT2D eigenvalue weighted by atomic mass is 32.1. The molecule has 2 fully saturated rings. The van der Waals surface area contributed by atoms with E-state index in [1.165, 1.54) is 16.2 Å². The number of nitrogens with one attached hydrogen (secondary N) is 2. The van der Waals surface area contributed by atoms with E-state index in [1.54, 1.807) is 24.3 Å². The van der Waals surface area contributed by atoms with Gasteiger partial charge in [0.2, 0.25) is 11.8 Å². The number of likely N-dealkylation sites (tertiary alicyclic amines) is 1. The summed E-state index contributed by atoms with van der Waals surface area (Å²) in [4.78, 5) is 43.8. The lowest BCUT2D eigenvalue weighted by molar-refractivity contribution is -0.146. The molecule has 1 unspecified atom stereocenters. The number of hydrogen-bond donors (Lipinski definition) is 3. The third-order valence-corrected chi connectivity index (χ3v) is 6.88. The molecule has 1 aromatic heterocycles. The Kier molecular flexibility index (Phi) is 6.12. The van der Waals surface area contributed by atoms with Gasteiger partial charge < -0.3 is 21.3 Å². The number of thiazole rings is 1. The highest BCUT2D eigenvalue weighted by molar-refractivity contribution is 7.14. The lowest BCUT2D eigenvalue weighted by Crippen LogP contribution is -2.58. The second kappa shape index (κ2) is 9.36. The Balaban J connectivity index is 1.19. The van der Waals surface area contributed by atoms with Crippen molar-refractivity contribution in [3.8, 4) is 11.3 Å². The van der Waals surface area contributed by atoms with Crippen molar-refractivity contribution in [2.24, 2.45) is 5.73 Å². The molecule has 1 saturated carbocycles. The molecule has 2 aliphatic rings. The van der Waals surface area contributed by atoms with E-state index < -0.39 is 12.1 Å². The number of benzene rings is 2. The van der Waals surface area contributed by atoms with Gasteiger partial charge in [-0.25, -0.2) is 4.98 Å². The molecule has 34 heavy (non-hydrogen) atoms. The quantitative estimate of drug-likeness (QED) is 0.486. The molecule has 4 N–H and O–H groups in total. The first-order chi connectivity index (χ1) is 16.5. The van der Waals surface area contributed by atoms with Gasteiger partial charge in [-0.3, -0.25) is 14.4 Å². The number of hydrogen-bond acceptors (Lipinski definition) is 6. The Morgan fingerprint density at radius 1 is 1.03 bits per heavy atom. The zero-order valence-corrected chi connectivity index (χ0v) is 19.3. The number of carbonyl (C=O) groups excluding carboxylic acids is 3. The van der Waals surface area contributed by atoms with E-state index >= 15 is 0 Å². The number of rotatable bonds is 7. The molecular formula is C25H25N5O3S. The van der Waals surface area contributed by atoms with Crippen molar-refractivity contribution < 1.29 is 14.4 Å². The summed E-state index contributed by atoms with van der Waals surface area (Å²) >= 11 is 1.31. The van der Waals surface area contributed by atoms with Crippen molar-refractivity contribution in [3.05, 3.63) is 71.1 Å². The molecule has 5 rings (SSSR count). The van der Waals surface area contributed by atoms with E-state index in [4.69, 9.17) is 5.73 Å². The average molecular weight is 476 g/mol.